The number of ether oxygens (including phenoxy) is 2. The second-order valence-corrected chi connectivity index (χ2v) is 7.43. The van der Waals surface area contributed by atoms with Gasteiger partial charge in [-0.15, -0.1) is 10.2 Å². The Hall–Kier alpha value is -3.33. The number of carbonyl (C=O) groups excluding carboxylic acids is 1. The van der Waals surface area contributed by atoms with Gasteiger partial charge in [-0.05, 0) is 31.2 Å². The molecule has 4 rings (SSSR count). The highest BCUT2D eigenvalue weighted by Crippen LogP contribution is 2.34. The molecule has 0 atom stereocenters. The molecular formula is C20H19N5O3S. The smallest absolute Gasteiger partial charge is 0.234 e. The minimum absolute atomic E-state index is 0.149. The van der Waals surface area contributed by atoms with Gasteiger partial charge < -0.3 is 14.8 Å². The van der Waals surface area contributed by atoms with Crippen LogP contribution in [0.2, 0.25) is 0 Å². The Morgan fingerprint density at radius 3 is 2.79 bits per heavy atom. The summed E-state index contributed by atoms with van der Waals surface area (Å²) in [5.74, 6) is 2.06. The number of hydrogen-bond acceptors (Lipinski definition) is 7. The molecule has 1 amide bonds. The molecule has 2 aromatic heterocycles. The molecule has 0 bridgehead atoms. The zero-order valence-electron chi connectivity index (χ0n) is 15.8. The molecule has 8 nitrogen and oxygen atoms in total. The number of fused-ring (bicyclic) bond motifs is 1. The molecule has 3 heterocycles. The van der Waals surface area contributed by atoms with Crippen LogP contribution in [0.1, 0.15) is 6.92 Å². The number of hydrogen-bond donors (Lipinski definition) is 1. The van der Waals surface area contributed by atoms with E-state index in [2.05, 4.69) is 27.1 Å². The van der Waals surface area contributed by atoms with Crippen LogP contribution in [0, 0.1) is 0 Å². The van der Waals surface area contributed by atoms with Crippen LogP contribution in [0.4, 0.5) is 5.69 Å². The van der Waals surface area contributed by atoms with Crippen LogP contribution in [0.15, 0.2) is 60.0 Å². The average Bonchev–Trinajstić information content (AvgIpc) is 3.33. The molecule has 1 aromatic carbocycles. The number of pyridine rings is 1. The molecule has 0 fully saturated rings. The van der Waals surface area contributed by atoms with E-state index in [9.17, 15) is 4.79 Å². The molecule has 0 aliphatic carbocycles. The van der Waals surface area contributed by atoms with Crippen LogP contribution < -0.4 is 14.8 Å². The zero-order valence-corrected chi connectivity index (χ0v) is 16.6. The molecule has 3 aromatic rings. The number of benzene rings is 1. The molecule has 29 heavy (non-hydrogen) atoms. The Kier molecular flexibility index (Phi) is 5.48. The van der Waals surface area contributed by atoms with Crippen LogP contribution >= 0.6 is 11.8 Å². The summed E-state index contributed by atoms with van der Waals surface area (Å²) in [7, 11) is 0. The van der Waals surface area contributed by atoms with Crippen molar-refractivity contribution < 1.29 is 14.3 Å². The monoisotopic (exact) mass is 409 g/mol. The number of thioether (sulfide) groups is 1. The highest BCUT2D eigenvalue weighted by Gasteiger charge is 2.17. The van der Waals surface area contributed by atoms with E-state index in [-0.39, 0.29) is 18.5 Å². The largest absolute Gasteiger partial charge is 0.454 e. The van der Waals surface area contributed by atoms with E-state index in [1.165, 1.54) is 11.8 Å². The molecule has 9 heteroatoms. The van der Waals surface area contributed by atoms with Crippen molar-refractivity contribution in [3.05, 3.63) is 54.9 Å². The second-order valence-electron chi connectivity index (χ2n) is 6.49. The van der Waals surface area contributed by atoms with Gasteiger partial charge in [0.2, 0.25) is 12.7 Å². The first-order chi connectivity index (χ1) is 14.1. The summed E-state index contributed by atoms with van der Waals surface area (Å²) >= 11 is 1.32. The number of rotatable bonds is 7. The molecule has 1 aliphatic heterocycles. The first-order valence-electron chi connectivity index (χ1n) is 8.90. The van der Waals surface area contributed by atoms with E-state index in [0.717, 1.165) is 11.1 Å². The fourth-order valence-electron chi connectivity index (χ4n) is 2.82. The fraction of sp³-hybridized carbons (Fsp3) is 0.200. The third kappa shape index (κ3) is 4.40. The number of anilines is 1. The summed E-state index contributed by atoms with van der Waals surface area (Å²) in [6.07, 6.45) is 3.42. The van der Waals surface area contributed by atoms with Crippen LogP contribution in [0.3, 0.4) is 0 Å². The molecule has 0 radical (unpaired) electrons. The van der Waals surface area contributed by atoms with E-state index in [0.29, 0.717) is 34.7 Å². The Balaban J connectivity index is 1.45. The summed E-state index contributed by atoms with van der Waals surface area (Å²) in [5, 5.41) is 12.1. The minimum Gasteiger partial charge on any atom is -0.454 e. The number of aromatic nitrogens is 4. The van der Waals surface area contributed by atoms with Crippen molar-refractivity contribution in [2.24, 2.45) is 0 Å². The van der Waals surface area contributed by atoms with E-state index in [4.69, 9.17) is 9.47 Å². The standard InChI is InChI=1S/C20H19N5O3S/c1-13(2)10-25-19(14-5-7-21-8-6-14)23-24-20(25)29-11-18(26)22-15-3-4-16-17(9-15)28-12-27-16/h3-9H,1,10-12H2,2H3,(H,22,26). The van der Waals surface area contributed by atoms with Crippen molar-refractivity contribution >= 4 is 23.4 Å². The summed E-state index contributed by atoms with van der Waals surface area (Å²) < 4.78 is 12.6. The number of nitrogens with zero attached hydrogens (tertiary/aromatic N) is 4. The topological polar surface area (TPSA) is 91.2 Å². The minimum atomic E-state index is -0.149. The number of amides is 1. The molecule has 1 N–H and O–H groups in total. The van der Waals surface area contributed by atoms with Crippen LogP contribution in [0.25, 0.3) is 11.4 Å². The van der Waals surface area contributed by atoms with Gasteiger partial charge in [-0.2, -0.15) is 0 Å². The predicted octanol–water partition coefficient (Wildman–Crippen LogP) is 3.38. The molecular weight excluding hydrogens is 390 g/mol. The maximum absolute atomic E-state index is 12.4. The lowest BCUT2D eigenvalue weighted by molar-refractivity contribution is -0.113. The van der Waals surface area contributed by atoms with E-state index in [1.54, 1.807) is 30.6 Å². The molecule has 0 saturated heterocycles. The highest BCUT2D eigenvalue weighted by atomic mass is 32.2. The summed E-state index contributed by atoms with van der Waals surface area (Å²) in [4.78, 5) is 16.4. The van der Waals surface area contributed by atoms with Crippen molar-refractivity contribution in [3.8, 4) is 22.9 Å². The van der Waals surface area contributed by atoms with Gasteiger partial charge >= 0.3 is 0 Å². The number of carbonyl (C=O) groups is 1. The van der Waals surface area contributed by atoms with Crippen LogP contribution in [0.5, 0.6) is 11.5 Å². The second kappa shape index (κ2) is 8.36. The van der Waals surface area contributed by atoms with Crippen LogP contribution in [-0.2, 0) is 11.3 Å². The summed E-state index contributed by atoms with van der Waals surface area (Å²) in [5.41, 5.74) is 2.53. The van der Waals surface area contributed by atoms with Crippen molar-refractivity contribution in [1.82, 2.24) is 19.7 Å². The molecule has 0 spiro atoms. The summed E-state index contributed by atoms with van der Waals surface area (Å²) in [6, 6.07) is 9.05. The van der Waals surface area contributed by atoms with E-state index in [1.807, 2.05) is 23.6 Å². The van der Waals surface area contributed by atoms with E-state index < -0.39 is 0 Å². The van der Waals surface area contributed by atoms with Gasteiger partial charge in [0.15, 0.2) is 22.5 Å². The van der Waals surface area contributed by atoms with Gasteiger partial charge in [0, 0.05) is 36.3 Å². The van der Waals surface area contributed by atoms with Crippen molar-refractivity contribution in [2.75, 3.05) is 17.9 Å². The SMILES string of the molecule is C=C(C)Cn1c(SCC(=O)Nc2ccc3c(c2)OCO3)nnc1-c1ccncc1. The molecule has 148 valence electrons. The highest BCUT2D eigenvalue weighted by molar-refractivity contribution is 7.99. The van der Waals surface area contributed by atoms with Gasteiger partial charge in [-0.1, -0.05) is 23.9 Å². The Bertz CT molecular complexity index is 1050. The van der Waals surface area contributed by atoms with Crippen molar-refractivity contribution in [2.45, 2.75) is 18.6 Å². The molecule has 0 saturated carbocycles. The van der Waals surface area contributed by atoms with Gasteiger partial charge in [-0.3, -0.25) is 14.3 Å². The van der Waals surface area contributed by atoms with Crippen LogP contribution in [-0.4, -0.2) is 38.2 Å². The lowest BCUT2D eigenvalue weighted by Crippen LogP contribution is -2.14. The first kappa shape index (κ1) is 19.0. The maximum Gasteiger partial charge on any atom is 0.234 e. The third-order valence-electron chi connectivity index (χ3n) is 4.07. The normalized spacial score (nSPS) is 12.0. The Labute approximate surface area is 172 Å². The number of allylic oxidation sites excluding steroid dienone is 1. The lowest BCUT2D eigenvalue weighted by atomic mass is 10.2. The Morgan fingerprint density at radius 2 is 2.00 bits per heavy atom. The van der Waals surface area contributed by atoms with Gasteiger partial charge in [0.1, 0.15) is 0 Å². The average molecular weight is 409 g/mol. The van der Waals surface area contributed by atoms with E-state index >= 15 is 0 Å². The summed E-state index contributed by atoms with van der Waals surface area (Å²) in [6.45, 7) is 6.69. The van der Waals surface area contributed by atoms with Crippen molar-refractivity contribution in [1.29, 1.82) is 0 Å². The third-order valence-corrected chi connectivity index (χ3v) is 5.04. The maximum atomic E-state index is 12.4. The number of nitrogens with one attached hydrogen (secondary N) is 1. The van der Waals surface area contributed by atoms with Gasteiger partial charge in [-0.25, -0.2) is 0 Å². The fourth-order valence-corrected chi connectivity index (χ4v) is 3.56. The molecule has 0 unspecified atom stereocenters. The van der Waals surface area contributed by atoms with Gasteiger partial charge in [0.25, 0.3) is 0 Å². The molecule has 1 aliphatic rings. The lowest BCUT2D eigenvalue weighted by Gasteiger charge is -2.10. The predicted molar refractivity (Wildman–Crippen MR) is 110 cm³/mol. The first-order valence-corrected chi connectivity index (χ1v) is 9.89. The van der Waals surface area contributed by atoms with Gasteiger partial charge in [0.05, 0.1) is 5.75 Å². The van der Waals surface area contributed by atoms with Crippen molar-refractivity contribution in [3.63, 3.8) is 0 Å². The quantitative estimate of drug-likeness (QED) is 0.472. The zero-order chi connectivity index (χ0) is 20.2. The Morgan fingerprint density at radius 1 is 1.21 bits per heavy atom.